The van der Waals surface area contributed by atoms with Crippen LogP contribution in [0, 0.1) is 11.8 Å². The van der Waals surface area contributed by atoms with Crippen LogP contribution in [0.25, 0.3) is 0 Å². The lowest BCUT2D eigenvalue weighted by Gasteiger charge is -2.31. The maximum absolute atomic E-state index is 11.0. The van der Waals surface area contributed by atoms with Crippen molar-refractivity contribution in [1.82, 2.24) is 0 Å². The standard InChI is InChI=1S/C16H22O/c1-2-13(12-17)15-8-10-16(11-9-15)14-6-4-3-5-7-14/h3-7,12-13,15-16H,2,8-11H2,1H3/t13?,15-,16-. The van der Waals surface area contributed by atoms with Crippen molar-refractivity contribution in [1.29, 1.82) is 0 Å². The van der Waals surface area contributed by atoms with E-state index in [1.165, 1.54) is 37.5 Å². The molecule has 0 aromatic heterocycles. The predicted octanol–water partition coefficient (Wildman–Crippen LogP) is 4.19. The number of rotatable bonds is 4. The van der Waals surface area contributed by atoms with Gasteiger partial charge in [-0.25, -0.2) is 0 Å². The summed E-state index contributed by atoms with van der Waals surface area (Å²) in [7, 11) is 0. The second-order valence-electron chi connectivity index (χ2n) is 5.23. The van der Waals surface area contributed by atoms with Crippen LogP contribution in [0.5, 0.6) is 0 Å². The minimum atomic E-state index is 0.298. The third-order valence-corrected chi connectivity index (χ3v) is 4.29. The molecule has 2 rings (SSSR count). The monoisotopic (exact) mass is 230 g/mol. The van der Waals surface area contributed by atoms with Gasteiger partial charge in [-0.15, -0.1) is 0 Å². The smallest absolute Gasteiger partial charge is 0.123 e. The Hall–Kier alpha value is -1.11. The van der Waals surface area contributed by atoms with Crippen molar-refractivity contribution in [2.75, 3.05) is 0 Å². The van der Waals surface area contributed by atoms with E-state index in [1.54, 1.807) is 0 Å². The van der Waals surface area contributed by atoms with Gasteiger partial charge in [0.15, 0.2) is 0 Å². The first-order valence-corrected chi connectivity index (χ1v) is 6.85. The summed E-state index contributed by atoms with van der Waals surface area (Å²) in [5.41, 5.74) is 1.48. The molecule has 1 aromatic carbocycles. The number of aldehydes is 1. The van der Waals surface area contributed by atoms with Gasteiger partial charge in [0.2, 0.25) is 0 Å². The third kappa shape index (κ3) is 2.96. The van der Waals surface area contributed by atoms with Gasteiger partial charge in [-0.05, 0) is 49.5 Å². The summed E-state index contributed by atoms with van der Waals surface area (Å²) in [6.07, 6.45) is 7.11. The van der Waals surface area contributed by atoms with Crippen LogP contribution in [0.2, 0.25) is 0 Å². The van der Waals surface area contributed by atoms with Gasteiger partial charge >= 0.3 is 0 Å². The quantitative estimate of drug-likeness (QED) is 0.709. The van der Waals surface area contributed by atoms with Crippen molar-refractivity contribution < 1.29 is 4.79 Å². The topological polar surface area (TPSA) is 17.1 Å². The van der Waals surface area contributed by atoms with E-state index < -0.39 is 0 Å². The molecule has 17 heavy (non-hydrogen) atoms. The van der Waals surface area contributed by atoms with Crippen LogP contribution < -0.4 is 0 Å². The Balaban J connectivity index is 1.92. The molecule has 0 radical (unpaired) electrons. The number of benzene rings is 1. The lowest BCUT2D eigenvalue weighted by molar-refractivity contribution is -0.113. The molecule has 0 heterocycles. The lowest BCUT2D eigenvalue weighted by atomic mass is 9.73. The average Bonchev–Trinajstić information content (AvgIpc) is 2.42. The van der Waals surface area contributed by atoms with Gasteiger partial charge in [0.1, 0.15) is 6.29 Å². The molecule has 1 fully saturated rings. The minimum absolute atomic E-state index is 0.298. The Morgan fingerprint density at radius 1 is 1.18 bits per heavy atom. The molecule has 1 atom stereocenters. The maximum Gasteiger partial charge on any atom is 0.123 e. The summed E-state index contributed by atoms with van der Waals surface area (Å²) in [4.78, 5) is 11.0. The fourth-order valence-corrected chi connectivity index (χ4v) is 3.15. The highest BCUT2D eigenvalue weighted by molar-refractivity contribution is 5.53. The van der Waals surface area contributed by atoms with Gasteiger partial charge in [0.25, 0.3) is 0 Å². The molecule has 0 bridgehead atoms. The van der Waals surface area contributed by atoms with Crippen molar-refractivity contribution in [3.8, 4) is 0 Å². The zero-order valence-corrected chi connectivity index (χ0v) is 10.6. The first kappa shape index (κ1) is 12.3. The zero-order valence-electron chi connectivity index (χ0n) is 10.6. The second-order valence-corrected chi connectivity index (χ2v) is 5.23. The van der Waals surface area contributed by atoms with E-state index in [4.69, 9.17) is 0 Å². The van der Waals surface area contributed by atoms with Crippen LogP contribution in [0.1, 0.15) is 50.5 Å². The molecule has 0 amide bonds. The van der Waals surface area contributed by atoms with E-state index in [-0.39, 0.29) is 0 Å². The average molecular weight is 230 g/mol. The molecular formula is C16H22O. The molecule has 1 heteroatoms. The van der Waals surface area contributed by atoms with Crippen molar-refractivity contribution >= 4 is 6.29 Å². The van der Waals surface area contributed by atoms with Gasteiger partial charge in [0, 0.05) is 5.92 Å². The summed E-state index contributed by atoms with van der Waals surface area (Å²) in [6, 6.07) is 10.8. The summed E-state index contributed by atoms with van der Waals surface area (Å²) in [6.45, 7) is 2.13. The minimum Gasteiger partial charge on any atom is -0.303 e. The molecule has 1 unspecified atom stereocenters. The Morgan fingerprint density at radius 2 is 1.82 bits per heavy atom. The molecule has 1 aliphatic rings. The highest BCUT2D eigenvalue weighted by Crippen LogP contribution is 2.38. The number of carbonyl (C=O) groups excluding carboxylic acids is 1. The molecular weight excluding hydrogens is 208 g/mol. The molecule has 92 valence electrons. The van der Waals surface area contributed by atoms with E-state index in [1.807, 2.05) is 0 Å². The van der Waals surface area contributed by atoms with E-state index in [0.717, 1.165) is 12.3 Å². The molecule has 1 nitrogen and oxygen atoms in total. The third-order valence-electron chi connectivity index (χ3n) is 4.29. The fraction of sp³-hybridized carbons (Fsp3) is 0.562. The van der Waals surface area contributed by atoms with Gasteiger partial charge < -0.3 is 4.79 Å². The zero-order chi connectivity index (χ0) is 12.1. The van der Waals surface area contributed by atoms with Gasteiger partial charge in [-0.2, -0.15) is 0 Å². The van der Waals surface area contributed by atoms with Crippen LogP contribution in [-0.4, -0.2) is 6.29 Å². The first-order chi connectivity index (χ1) is 8.35. The van der Waals surface area contributed by atoms with Crippen LogP contribution in [0.15, 0.2) is 30.3 Å². The highest BCUT2D eigenvalue weighted by atomic mass is 16.1. The summed E-state index contributed by atoms with van der Waals surface area (Å²) in [5, 5.41) is 0. The molecule has 0 spiro atoms. The first-order valence-electron chi connectivity index (χ1n) is 6.85. The van der Waals surface area contributed by atoms with Crippen LogP contribution >= 0.6 is 0 Å². The number of hydrogen-bond donors (Lipinski definition) is 0. The van der Waals surface area contributed by atoms with Gasteiger partial charge in [-0.1, -0.05) is 37.3 Å². The molecule has 0 saturated heterocycles. The molecule has 1 aliphatic carbocycles. The lowest BCUT2D eigenvalue weighted by Crippen LogP contribution is -2.21. The Kier molecular flexibility index (Phi) is 4.36. The normalized spacial score (nSPS) is 26.4. The summed E-state index contributed by atoms with van der Waals surface area (Å²) in [5.74, 6) is 1.65. The molecule has 0 N–H and O–H groups in total. The maximum atomic E-state index is 11.0. The largest absolute Gasteiger partial charge is 0.303 e. The highest BCUT2D eigenvalue weighted by Gasteiger charge is 2.26. The Bertz CT molecular complexity index is 336. The predicted molar refractivity (Wildman–Crippen MR) is 71.0 cm³/mol. The Morgan fingerprint density at radius 3 is 2.35 bits per heavy atom. The van der Waals surface area contributed by atoms with E-state index in [2.05, 4.69) is 37.3 Å². The molecule has 1 saturated carbocycles. The van der Waals surface area contributed by atoms with Crippen LogP contribution in [-0.2, 0) is 4.79 Å². The SMILES string of the molecule is CCC(C=O)[C@H]1CC[C@H](c2ccccc2)CC1. The Labute approximate surface area is 104 Å². The number of carbonyl (C=O) groups is 1. The summed E-state index contributed by atoms with van der Waals surface area (Å²) < 4.78 is 0. The van der Waals surface area contributed by atoms with Crippen LogP contribution in [0.4, 0.5) is 0 Å². The van der Waals surface area contributed by atoms with E-state index in [9.17, 15) is 4.79 Å². The van der Waals surface area contributed by atoms with Gasteiger partial charge in [0.05, 0.1) is 0 Å². The number of hydrogen-bond acceptors (Lipinski definition) is 1. The van der Waals surface area contributed by atoms with Crippen molar-refractivity contribution in [2.45, 2.75) is 44.9 Å². The fourth-order valence-electron chi connectivity index (χ4n) is 3.15. The molecule has 0 aliphatic heterocycles. The van der Waals surface area contributed by atoms with E-state index in [0.29, 0.717) is 11.8 Å². The van der Waals surface area contributed by atoms with Crippen molar-refractivity contribution in [3.05, 3.63) is 35.9 Å². The van der Waals surface area contributed by atoms with E-state index >= 15 is 0 Å². The van der Waals surface area contributed by atoms with Gasteiger partial charge in [-0.3, -0.25) is 0 Å². The molecule has 1 aromatic rings. The second kappa shape index (κ2) is 6.00. The van der Waals surface area contributed by atoms with Crippen molar-refractivity contribution in [3.63, 3.8) is 0 Å². The van der Waals surface area contributed by atoms with Crippen molar-refractivity contribution in [2.24, 2.45) is 11.8 Å². The van der Waals surface area contributed by atoms with Crippen LogP contribution in [0.3, 0.4) is 0 Å². The summed E-state index contributed by atoms with van der Waals surface area (Å²) >= 11 is 0.